The molecule has 4 nitrogen and oxygen atoms in total. The molecule has 19 heavy (non-hydrogen) atoms. The lowest BCUT2D eigenvalue weighted by Gasteiger charge is -2.42. The van der Waals surface area contributed by atoms with Crippen molar-refractivity contribution in [2.24, 2.45) is 0 Å². The summed E-state index contributed by atoms with van der Waals surface area (Å²) in [6, 6.07) is 0.625. The average Bonchev–Trinajstić information content (AvgIpc) is 3.11. The smallest absolute Gasteiger partial charge is 0.323 e. The Morgan fingerprint density at radius 3 is 2.32 bits per heavy atom. The van der Waals surface area contributed by atoms with E-state index in [1.807, 2.05) is 6.92 Å². The van der Waals surface area contributed by atoms with Gasteiger partial charge in [0.1, 0.15) is 5.54 Å². The third-order valence-electron chi connectivity index (χ3n) is 4.76. The van der Waals surface area contributed by atoms with Crippen LogP contribution < -0.4 is 5.32 Å². The number of hydrogen-bond acceptors (Lipinski definition) is 3. The Morgan fingerprint density at radius 1 is 1.42 bits per heavy atom. The quantitative estimate of drug-likeness (QED) is 0.711. The lowest BCUT2D eigenvalue weighted by Crippen LogP contribution is -2.56. The molecule has 0 aromatic carbocycles. The van der Waals surface area contributed by atoms with E-state index in [0.29, 0.717) is 12.5 Å². The molecule has 0 saturated heterocycles. The van der Waals surface area contributed by atoms with Crippen molar-refractivity contribution in [3.8, 4) is 0 Å². The van der Waals surface area contributed by atoms with Crippen LogP contribution in [0.2, 0.25) is 0 Å². The summed E-state index contributed by atoms with van der Waals surface area (Å²) in [6.45, 7) is 10.5. The van der Waals surface area contributed by atoms with Gasteiger partial charge in [-0.1, -0.05) is 6.92 Å². The molecule has 1 aliphatic rings. The Bertz CT molecular complexity index is 326. The van der Waals surface area contributed by atoms with Gasteiger partial charge in [0.15, 0.2) is 0 Å². The SMILES string of the molecule is CCC(C)(C)N(C)C(C)CC(C)(NC1CC1)C(=O)O. The van der Waals surface area contributed by atoms with Crippen molar-refractivity contribution in [2.75, 3.05) is 7.05 Å². The van der Waals surface area contributed by atoms with Gasteiger partial charge in [-0.2, -0.15) is 0 Å². The molecule has 0 heterocycles. The van der Waals surface area contributed by atoms with E-state index in [1.165, 1.54) is 0 Å². The molecule has 2 N–H and O–H groups in total. The second-order valence-electron chi connectivity index (χ2n) is 6.89. The minimum atomic E-state index is -0.821. The Morgan fingerprint density at radius 2 is 1.95 bits per heavy atom. The van der Waals surface area contributed by atoms with Crippen LogP contribution in [0.3, 0.4) is 0 Å². The maximum absolute atomic E-state index is 11.6. The Hall–Kier alpha value is -0.610. The van der Waals surface area contributed by atoms with Gasteiger partial charge in [0.2, 0.25) is 0 Å². The van der Waals surface area contributed by atoms with Gasteiger partial charge in [-0.25, -0.2) is 0 Å². The minimum absolute atomic E-state index is 0.0956. The number of nitrogens with one attached hydrogen (secondary N) is 1. The van der Waals surface area contributed by atoms with Crippen molar-refractivity contribution in [1.29, 1.82) is 0 Å². The molecular formula is C15H30N2O2. The maximum Gasteiger partial charge on any atom is 0.323 e. The molecule has 2 atom stereocenters. The van der Waals surface area contributed by atoms with Crippen molar-refractivity contribution < 1.29 is 9.90 Å². The predicted octanol–water partition coefficient (Wildman–Crippen LogP) is 2.48. The summed E-state index contributed by atoms with van der Waals surface area (Å²) in [6.07, 6.45) is 3.88. The third kappa shape index (κ3) is 4.18. The van der Waals surface area contributed by atoms with Crippen LogP contribution in [0.25, 0.3) is 0 Å². The number of aliphatic carboxylic acids is 1. The van der Waals surface area contributed by atoms with Gasteiger partial charge in [0.05, 0.1) is 0 Å². The molecule has 1 fully saturated rings. The Balaban J connectivity index is 2.70. The van der Waals surface area contributed by atoms with Crippen LogP contribution in [0.1, 0.15) is 60.3 Å². The first kappa shape index (κ1) is 16.4. The molecule has 0 spiro atoms. The van der Waals surface area contributed by atoms with Crippen LogP contribution >= 0.6 is 0 Å². The zero-order valence-corrected chi connectivity index (χ0v) is 13.3. The molecule has 0 aromatic heterocycles. The second kappa shape index (κ2) is 5.80. The van der Waals surface area contributed by atoms with Crippen molar-refractivity contribution in [1.82, 2.24) is 10.2 Å². The largest absolute Gasteiger partial charge is 0.480 e. The zero-order valence-electron chi connectivity index (χ0n) is 13.3. The van der Waals surface area contributed by atoms with E-state index in [2.05, 4.69) is 45.0 Å². The van der Waals surface area contributed by atoms with E-state index < -0.39 is 11.5 Å². The maximum atomic E-state index is 11.6. The molecular weight excluding hydrogens is 240 g/mol. The highest BCUT2D eigenvalue weighted by molar-refractivity contribution is 5.78. The van der Waals surface area contributed by atoms with E-state index in [0.717, 1.165) is 19.3 Å². The summed E-state index contributed by atoms with van der Waals surface area (Å²) in [5, 5.41) is 12.8. The number of hydrogen-bond donors (Lipinski definition) is 2. The van der Waals surface area contributed by atoms with Gasteiger partial charge in [-0.3, -0.25) is 15.0 Å². The number of carbonyl (C=O) groups is 1. The molecule has 1 aliphatic carbocycles. The Labute approximate surface area is 117 Å². The van der Waals surface area contributed by atoms with Crippen LogP contribution in [0.5, 0.6) is 0 Å². The monoisotopic (exact) mass is 270 g/mol. The molecule has 2 unspecified atom stereocenters. The van der Waals surface area contributed by atoms with Crippen LogP contribution in [0.4, 0.5) is 0 Å². The van der Waals surface area contributed by atoms with Crippen LogP contribution in [0, 0.1) is 0 Å². The summed E-state index contributed by atoms with van der Waals surface area (Å²) in [4.78, 5) is 13.9. The number of nitrogens with zero attached hydrogens (tertiary/aromatic N) is 1. The van der Waals surface area contributed by atoms with E-state index in [-0.39, 0.29) is 11.6 Å². The summed E-state index contributed by atoms with van der Waals surface area (Å²) in [5.74, 6) is -0.742. The fourth-order valence-corrected chi connectivity index (χ4v) is 2.46. The molecule has 0 amide bonds. The van der Waals surface area contributed by atoms with Crippen LogP contribution in [-0.4, -0.2) is 46.2 Å². The highest BCUT2D eigenvalue weighted by Crippen LogP contribution is 2.28. The number of carboxylic acid groups (broad SMARTS) is 1. The minimum Gasteiger partial charge on any atom is -0.480 e. The van der Waals surface area contributed by atoms with Crippen molar-refractivity contribution in [2.45, 2.75) is 83.5 Å². The van der Waals surface area contributed by atoms with Crippen molar-refractivity contribution in [3.05, 3.63) is 0 Å². The summed E-state index contributed by atoms with van der Waals surface area (Å²) < 4.78 is 0. The Kier molecular flexibility index (Phi) is 5.02. The van der Waals surface area contributed by atoms with E-state index in [4.69, 9.17) is 0 Å². The standard InChI is InChI=1S/C15H30N2O2/c1-7-14(3,4)17(6)11(2)10-15(5,13(18)19)16-12-8-9-12/h11-12,16H,7-10H2,1-6H3,(H,18,19). The molecule has 4 heteroatoms. The lowest BCUT2D eigenvalue weighted by atomic mass is 9.89. The second-order valence-corrected chi connectivity index (χ2v) is 6.89. The number of rotatable bonds is 8. The molecule has 0 aliphatic heterocycles. The van der Waals surface area contributed by atoms with E-state index >= 15 is 0 Å². The fraction of sp³-hybridized carbons (Fsp3) is 0.933. The lowest BCUT2D eigenvalue weighted by molar-refractivity contribution is -0.145. The van der Waals surface area contributed by atoms with Crippen LogP contribution in [0.15, 0.2) is 0 Å². The first-order valence-electron chi connectivity index (χ1n) is 7.36. The van der Waals surface area contributed by atoms with Gasteiger partial charge in [-0.05, 0) is 60.4 Å². The normalized spacial score (nSPS) is 21.2. The van der Waals surface area contributed by atoms with Gasteiger partial charge < -0.3 is 5.11 Å². The highest BCUT2D eigenvalue weighted by Gasteiger charge is 2.41. The van der Waals surface area contributed by atoms with Gasteiger partial charge in [0.25, 0.3) is 0 Å². The molecule has 0 radical (unpaired) electrons. The number of carboxylic acids is 1. The summed E-state index contributed by atoms with van der Waals surface area (Å²) in [5.41, 5.74) is -0.725. The van der Waals surface area contributed by atoms with Crippen LogP contribution in [-0.2, 0) is 4.79 Å². The average molecular weight is 270 g/mol. The topological polar surface area (TPSA) is 52.6 Å². The van der Waals surface area contributed by atoms with Gasteiger partial charge in [0, 0.05) is 17.6 Å². The fourth-order valence-electron chi connectivity index (χ4n) is 2.46. The van der Waals surface area contributed by atoms with Gasteiger partial charge >= 0.3 is 5.97 Å². The molecule has 1 saturated carbocycles. The zero-order chi connectivity index (χ0) is 14.8. The summed E-state index contributed by atoms with van der Waals surface area (Å²) in [7, 11) is 2.09. The van der Waals surface area contributed by atoms with E-state index in [9.17, 15) is 9.90 Å². The first-order chi connectivity index (χ1) is 8.62. The molecule has 0 aromatic rings. The summed E-state index contributed by atoms with van der Waals surface area (Å²) >= 11 is 0. The first-order valence-corrected chi connectivity index (χ1v) is 7.36. The third-order valence-corrected chi connectivity index (χ3v) is 4.76. The molecule has 0 bridgehead atoms. The van der Waals surface area contributed by atoms with Crippen molar-refractivity contribution in [3.63, 3.8) is 0 Å². The molecule has 112 valence electrons. The highest BCUT2D eigenvalue weighted by atomic mass is 16.4. The van der Waals surface area contributed by atoms with Gasteiger partial charge in [-0.15, -0.1) is 0 Å². The van der Waals surface area contributed by atoms with E-state index in [1.54, 1.807) is 0 Å². The predicted molar refractivity (Wildman–Crippen MR) is 78.4 cm³/mol. The van der Waals surface area contributed by atoms with Crippen molar-refractivity contribution >= 4 is 5.97 Å². The molecule has 1 rings (SSSR count).